The number of hydrogen-bond donors (Lipinski definition) is 1. The summed E-state index contributed by atoms with van der Waals surface area (Å²) in [5.41, 5.74) is 7.17. The third-order valence-electron chi connectivity index (χ3n) is 3.57. The summed E-state index contributed by atoms with van der Waals surface area (Å²) in [5.74, 6) is 0.681. The fourth-order valence-corrected chi connectivity index (χ4v) is 2.50. The largest absolute Gasteiger partial charge is 0.459 e. The molecule has 0 saturated carbocycles. The molecule has 0 fully saturated rings. The summed E-state index contributed by atoms with van der Waals surface area (Å²) in [5, 5.41) is 1.67. The van der Waals surface area contributed by atoms with Crippen molar-refractivity contribution >= 4 is 21.9 Å². The predicted molar refractivity (Wildman–Crippen MR) is 78.4 cm³/mol. The maximum atomic E-state index is 13.7. The number of benzene rings is 2. The second-order valence-corrected chi connectivity index (χ2v) is 4.97. The average Bonchev–Trinajstić information content (AvgIpc) is 3.11. The van der Waals surface area contributed by atoms with E-state index in [4.69, 9.17) is 14.6 Å². The summed E-state index contributed by atoms with van der Waals surface area (Å²) >= 11 is 0. The molecule has 2 aromatic carbocycles. The molecule has 3 nitrogen and oxygen atoms in total. The molecule has 4 aromatic rings. The quantitative estimate of drug-likeness (QED) is 0.593. The van der Waals surface area contributed by atoms with Crippen LogP contribution in [0.3, 0.4) is 0 Å². The maximum Gasteiger partial charge on any atom is 0.169 e. The zero-order valence-corrected chi connectivity index (χ0v) is 11.0. The van der Waals surface area contributed by atoms with Gasteiger partial charge in [-0.3, -0.25) is 0 Å². The first kappa shape index (κ1) is 12.2. The third kappa shape index (κ3) is 1.92. The number of fused-ring (bicyclic) bond motifs is 2. The Morgan fingerprint density at radius 1 is 0.857 bits per heavy atom. The minimum absolute atomic E-state index is 0.221. The molecule has 0 aliphatic rings. The first-order chi connectivity index (χ1) is 10.2. The number of para-hydroxylation sites is 2. The molecule has 0 bridgehead atoms. The van der Waals surface area contributed by atoms with Crippen molar-refractivity contribution in [1.82, 2.24) is 0 Å². The molecule has 0 aliphatic carbocycles. The van der Waals surface area contributed by atoms with E-state index in [-0.39, 0.29) is 5.58 Å². The Hall–Kier alpha value is -2.59. The summed E-state index contributed by atoms with van der Waals surface area (Å²) in [6.45, 7) is 0. The van der Waals surface area contributed by atoms with E-state index >= 15 is 0 Å². The Kier molecular flexibility index (Phi) is 2.59. The van der Waals surface area contributed by atoms with Crippen LogP contribution in [0.5, 0.6) is 0 Å². The van der Waals surface area contributed by atoms with Crippen molar-refractivity contribution < 1.29 is 13.2 Å². The van der Waals surface area contributed by atoms with E-state index in [9.17, 15) is 4.39 Å². The molecule has 2 heterocycles. The SMILES string of the molecule is NC(c1cc2ccccc2o1)c1cc2cccc(F)c2o1. The van der Waals surface area contributed by atoms with Gasteiger partial charge in [-0.2, -0.15) is 0 Å². The van der Waals surface area contributed by atoms with E-state index in [0.29, 0.717) is 16.9 Å². The molecule has 0 amide bonds. The number of nitrogens with two attached hydrogens (primary N) is 1. The third-order valence-corrected chi connectivity index (χ3v) is 3.57. The van der Waals surface area contributed by atoms with Gasteiger partial charge < -0.3 is 14.6 Å². The van der Waals surface area contributed by atoms with E-state index in [2.05, 4.69) is 0 Å². The molecule has 2 N–H and O–H groups in total. The van der Waals surface area contributed by atoms with Crippen LogP contribution in [-0.4, -0.2) is 0 Å². The Bertz CT molecular complexity index is 905. The van der Waals surface area contributed by atoms with Crippen molar-refractivity contribution in [2.75, 3.05) is 0 Å². The molecule has 1 atom stereocenters. The molecule has 0 saturated heterocycles. The molecule has 104 valence electrons. The molecular formula is C17H12FNO2. The van der Waals surface area contributed by atoms with E-state index in [1.807, 2.05) is 30.3 Å². The number of hydrogen-bond acceptors (Lipinski definition) is 3. The van der Waals surface area contributed by atoms with Crippen molar-refractivity contribution in [3.05, 3.63) is 71.9 Å². The normalized spacial score (nSPS) is 13.0. The molecule has 0 spiro atoms. The highest BCUT2D eigenvalue weighted by Crippen LogP contribution is 2.31. The van der Waals surface area contributed by atoms with Crippen LogP contribution in [0.2, 0.25) is 0 Å². The molecule has 0 aliphatic heterocycles. The standard InChI is InChI=1S/C17H12FNO2/c18-12-6-3-5-11-9-15(21-17(11)12)16(19)14-8-10-4-1-2-7-13(10)20-14/h1-9,16H,19H2. The maximum absolute atomic E-state index is 13.7. The van der Waals surface area contributed by atoms with Gasteiger partial charge >= 0.3 is 0 Å². The highest BCUT2D eigenvalue weighted by atomic mass is 19.1. The number of rotatable bonds is 2. The van der Waals surface area contributed by atoms with E-state index in [1.165, 1.54) is 6.07 Å². The minimum Gasteiger partial charge on any atom is -0.459 e. The lowest BCUT2D eigenvalue weighted by Gasteiger charge is -2.03. The van der Waals surface area contributed by atoms with E-state index < -0.39 is 11.9 Å². The van der Waals surface area contributed by atoms with Crippen LogP contribution in [0.4, 0.5) is 4.39 Å². The topological polar surface area (TPSA) is 52.3 Å². The van der Waals surface area contributed by atoms with Crippen LogP contribution in [0.1, 0.15) is 17.6 Å². The fraction of sp³-hybridized carbons (Fsp3) is 0.0588. The average molecular weight is 281 g/mol. The molecule has 4 rings (SSSR count). The van der Waals surface area contributed by atoms with Crippen molar-refractivity contribution in [1.29, 1.82) is 0 Å². The van der Waals surface area contributed by atoms with Gasteiger partial charge in [0.1, 0.15) is 23.1 Å². The highest BCUT2D eigenvalue weighted by molar-refractivity contribution is 5.79. The zero-order valence-electron chi connectivity index (χ0n) is 11.0. The summed E-state index contributed by atoms with van der Waals surface area (Å²) < 4.78 is 25.0. The summed E-state index contributed by atoms with van der Waals surface area (Å²) in [4.78, 5) is 0. The fourth-order valence-electron chi connectivity index (χ4n) is 2.50. The molecular weight excluding hydrogens is 269 g/mol. The van der Waals surface area contributed by atoms with Crippen molar-refractivity contribution in [3.63, 3.8) is 0 Å². The lowest BCUT2D eigenvalue weighted by atomic mass is 10.1. The number of furan rings is 2. The van der Waals surface area contributed by atoms with Gasteiger partial charge in [-0.15, -0.1) is 0 Å². The number of halogens is 1. The van der Waals surface area contributed by atoms with Crippen LogP contribution < -0.4 is 5.73 Å². The molecule has 2 aromatic heterocycles. The Morgan fingerprint density at radius 3 is 2.38 bits per heavy atom. The first-order valence-corrected chi connectivity index (χ1v) is 6.64. The van der Waals surface area contributed by atoms with Gasteiger partial charge in [0.15, 0.2) is 11.4 Å². The Morgan fingerprint density at radius 2 is 1.57 bits per heavy atom. The van der Waals surface area contributed by atoms with E-state index in [0.717, 1.165) is 11.0 Å². The van der Waals surface area contributed by atoms with Crippen molar-refractivity contribution in [2.45, 2.75) is 6.04 Å². The Balaban J connectivity index is 1.81. The van der Waals surface area contributed by atoms with Crippen LogP contribution in [0, 0.1) is 5.82 Å². The van der Waals surface area contributed by atoms with Crippen LogP contribution in [0.15, 0.2) is 63.4 Å². The summed E-state index contributed by atoms with van der Waals surface area (Å²) in [6, 6.07) is 15.5. The van der Waals surface area contributed by atoms with Crippen LogP contribution >= 0.6 is 0 Å². The molecule has 4 heteroatoms. The van der Waals surface area contributed by atoms with Gasteiger partial charge in [0.25, 0.3) is 0 Å². The second kappa shape index (κ2) is 4.46. The highest BCUT2D eigenvalue weighted by Gasteiger charge is 2.19. The van der Waals surface area contributed by atoms with Gasteiger partial charge in [-0.1, -0.05) is 30.3 Å². The lowest BCUT2D eigenvalue weighted by molar-refractivity contribution is 0.455. The molecule has 0 radical (unpaired) electrons. The minimum atomic E-state index is -0.566. The summed E-state index contributed by atoms with van der Waals surface area (Å²) in [7, 11) is 0. The Labute approximate surface area is 119 Å². The first-order valence-electron chi connectivity index (χ1n) is 6.64. The second-order valence-electron chi connectivity index (χ2n) is 4.97. The predicted octanol–water partition coefficient (Wildman–Crippen LogP) is 4.37. The van der Waals surface area contributed by atoms with Gasteiger partial charge in [-0.25, -0.2) is 4.39 Å². The molecule has 21 heavy (non-hydrogen) atoms. The van der Waals surface area contributed by atoms with Gasteiger partial charge in [0.05, 0.1) is 0 Å². The smallest absolute Gasteiger partial charge is 0.169 e. The van der Waals surface area contributed by atoms with Gasteiger partial charge in [0.2, 0.25) is 0 Å². The van der Waals surface area contributed by atoms with Crippen molar-refractivity contribution in [2.24, 2.45) is 5.73 Å². The van der Waals surface area contributed by atoms with Crippen molar-refractivity contribution in [3.8, 4) is 0 Å². The summed E-state index contributed by atoms with van der Waals surface area (Å²) in [6.07, 6.45) is 0. The van der Waals surface area contributed by atoms with E-state index in [1.54, 1.807) is 18.2 Å². The van der Waals surface area contributed by atoms with Crippen LogP contribution in [0.25, 0.3) is 21.9 Å². The zero-order chi connectivity index (χ0) is 14.4. The monoisotopic (exact) mass is 281 g/mol. The van der Waals surface area contributed by atoms with Gasteiger partial charge in [0, 0.05) is 10.8 Å². The molecule has 1 unspecified atom stereocenters. The lowest BCUT2D eigenvalue weighted by Crippen LogP contribution is -2.09. The van der Waals surface area contributed by atoms with Crippen LogP contribution in [-0.2, 0) is 0 Å². The van der Waals surface area contributed by atoms with Gasteiger partial charge in [-0.05, 0) is 24.3 Å².